The first-order valence-electron chi connectivity index (χ1n) is 5.49. The van der Waals surface area contributed by atoms with E-state index in [0.29, 0.717) is 0 Å². The van der Waals surface area contributed by atoms with Crippen molar-refractivity contribution in [3.63, 3.8) is 0 Å². The lowest BCUT2D eigenvalue weighted by Crippen LogP contribution is -2.22. The average molecular weight is 310 g/mol. The van der Waals surface area contributed by atoms with E-state index in [1.165, 1.54) is 10.4 Å². The first kappa shape index (κ1) is 11.1. The van der Waals surface area contributed by atoms with E-state index >= 15 is 0 Å². The predicted molar refractivity (Wildman–Crippen MR) is 75.1 cm³/mol. The molecule has 17 heavy (non-hydrogen) atoms. The second-order valence-electron chi connectivity index (χ2n) is 4.13. The molecule has 0 radical (unpaired) electrons. The molecule has 1 atom stereocenters. The maximum absolute atomic E-state index is 6.04. The molecule has 2 nitrogen and oxygen atoms in total. The SMILES string of the molecule is Cc1ccc2c(c1)OC(c1ccc(Br)s1)CN2. The molecule has 0 bridgehead atoms. The van der Waals surface area contributed by atoms with Gasteiger partial charge in [0.2, 0.25) is 0 Å². The minimum Gasteiger partial charge on any atom is -0.481 e. The summed E-state index contributed by atoms with van der Waals surface area (Å²) in [5.41, 5.74) is 2.31. The molecule has 88 valence electrons. The summed E-state index contributed by atoms with van der Waals surface area (Å²) >= 11 is 5.21. The molecule has 2 aromatic rings. The Morgan fingerprint density at radius 2 is 2.24 bits per heavy atom. The number of halogens is 1. The van der Waals surface area contributed by atoms with Crippen LogP contribution < -0.4 is 10.1 Å². The van der Waals surface area contributed by atoms with Crippen LogP contribution in [0.1, 0.15) is 16.5 Å². The third kappa shape index (κ3) is 2.19. The summed E-state index contributed by atoms with van der Waals surface area (Å²) in [5, 5.41) is 3.41. The summed E-state index contributed by atoms with van der Waals surface area (Å²) in [6.45, 7) is 2.90. The second-order valence-corrected chi connectivity index (χ2v) is 6.62. The Balaban J connectivity index is 1.89. The fourth-order valence-electron chi connectivity index (χ4n) is 1.93. The molecular formula is C13H12BrNOS. The van der Waals surface area contributed by atoms with Crippen molar-refractivity contribution >= 4 is 33.0 Å². The summed E-state index contributed by atoms with van der Waals surface area (Å²) in [4.78, 5) is 1.25. The summed E-state index contributed by atoms with van der Waals surface area (Å²) in [5.74, 6) is 0.950. The monoisotopic (exact) mass is 309 g/mol. The molecule has 2 heterocycles. The number of hydrogen-bond donors (Lipinski definition) is 1. The van der Waals surface area contributed by atoms with Gasteiger partial charge in [-0.1, -0.05) is 6.07 Å². The van der Waals surface area contributed by atoms with E-state index in [1.54, 1.807) is 11.3 Å². The quantitative estimate of drug-likeness (QED) is 0.845. The molecule has 1 aromatic heterocycles. The lowest BCUT2D eigenvalue weighted by atomic mass is 10.1. The van der Waals surface area contributed by atoms with Crippen LogP contribution >= 0.6 is 27.3 Å². The Bertz CT molecular complexity index is 552. The molecule has 1 N–H and O–H groups in total. The summed E-state index contributed by atoms with van der Waals surface area (Å²) in [6, 6.07) is 10.4. The van der Waals surface area contributed by atoms with E-state index in [-0.39, 0.29) is 6.10 Å². The molecule has 0 saturated heterocycles. The van der Waals surface area contributed by atoms with Crippen LogP contribution in [0.5, 0.6) is 5.75 Å². The van der Waals surface area contributed by atoms with E-state index in [4.69, 9.17) is 4.74 Å². The fraction of sp³-hybridized carbons (Fsp3) is 0.231. The Labute approximate surface area is 113 Å². The molecule has 1 aliphatic heterocycles. The van der Waals surface area contributed by atoms with Gasteiger partial charge in [0.15, 0.2) is 6.10 Å². The van der Waals surface area contributed by atoms with Crippen molar-refractivity contribution in [3.05, 3.63) is 44.6 Å². The fourth-order valence-corrected chi connectivity index (χ4v) is 3.38. The lowest BCUT2D eigenvalue weighted by Gasteiger charge is -2.27. The summed E-state index contributed by atoms with van der Waals surface area (Å²) < 4.78 is 7.18. The zero-order chi connectivity index (χ0) is 11.8. The highest BCUT2D eigenvalue weighted by Crippen LogP contribution is 2.37. The topological polar surface area (TPSA) is 21.3 Å². The smallest absolute Gasteiger partial charge is 0.150 e. The van der Waals surface area contributed by atoms with Gasteiger partial charge in [0.1, 0.15) is 5.75 Å². The van der Waals surface area contributed by atoms with Crippen molar-refractivity contribution in [1.82, 2.24) is 0 Å². The lowest BCUT2D eigenvalue weighted by molar-refractivity contribution is 0.214. The normalized spacial score (nSPS) is 18.1. The number of fused-ring (bicyclic) bond motifs is 1. The van der Waals surface area contributed by atoms with Crippen molar-refractivity contribution in [2.75, 3.05) is 11.9 Å². The molecular weight excluding hydrogens is 298 g/mol. The number of nitrogens with one attached hydrogen (secondary N) is 1. The molecule has 0 aliphatic carbocycles. The molecule has 4 heteroatoms. The van der Waals surface area contributed by atoms with Crippen molar-refractivity contribution in [2.45, 2.75) is 13.0 Å². The minimum absolute atomic E-state index is 0.112. The van der Waals surface area contributed by atoms with Crippen LogP contribution in [-0.2, 0) is 0 Å². The maximum atomic E-state index is 6.04. The van der Waals surface area contributed by atoms with Crippen molar-refractivity contribution < 1.29 is 4.74 Å². The number of ether oxygens (including phenoxy) is 1. The maximum Gasteiger partial charge on any atom is 0.150 e. The standard InChI is InChI=1S/C13H12BrNOS/c1-8-2-3-9-10(6-8)16-11(7-15-9)12-4-5-13(14)17-12/h2-6,11,15H,7H2,1H3. The van der Waals surface area contributed by atoms with Gasteiger partial charge in [-0.3, -0.25) is 0 Å². The van der Waals surface area contributed by atoms with Crippen LogP contribution in [0.2, 0.25) is 0 Å². The van der Waals surface area contributed by atoms with Crippen molar-refractivity contribution in [3.8, 4) is 5.75 Å². The van der Waals surface area contributed by atoms with Crippen LogP contribution in [0.15, 0.2) is 34.1 Å². The van der Waals surface area contributed by atoms with Gasteiger partial charge >= 0.3 is 0 Å². The van der Waals surface area contributed by atoms with E-state index < -0.39 is 0 Å². The predicted octanol–water partition coefficient (Wildman–Crippen LogP) is 4.36. The van der Waals surface area contributed by atoms with Crippen LogP contribution in [0.25, 0.3) is 0 Å². The second kappa shape index (κ2) is 4.35. The average Bonchev–Trinajstić information content (AvgIpc) is 2.75. The van der Waals surface area contributed by atoms with Gasteiger partial charge in [-0.05, 0) is 52.7 Å². The van der Waals surface area contributed by atoms with Gasteiger partial charge in [0, 0.05) is 4.88 Å². The number of aryl methyl sites for hydroxylation is 1. The number of thiophene rings is 1. The molecule has 1 aliphatic rings. The Hall–Kier alpha value is -1.000. The molecule has 1 aromatic carbocycles. The highest BCUT2D eigenvalue weighted by Gasteiger charge is 2.22. The van der Waals surface area contributed by atoms with E-state index in [1.807, 2.05) is 0 Å². The minimum atomic E-state index is 0.112. The first-order chi connectivity index (χ1) is 8.22. The molecule has 0 saturated carbocycles. The van der Waals surface area contributed by atoms with Crippen LogP contribution in [-0.4, -0.2) is 6.54 Å². The van der Waals surface area contributed by atoms with Gasteiger partial charge < -0.3 is 10.1 Å². The Kier molecular flexibility index (Phi) is 2.84. The molecule has 0 fully saturated rings. The van der Waals surface area contributed by atoms with Crippen LogP contribution in [0.3, 0.4) is 0 Å². The number of benzene rings is 1. The zero-order valence-corrected chi connectivity index (χ0v) is 11.8. The number of rotatable bonds is 1. The van der Waals surface area contributed by atoms with Crippen molar-refractivity contribution in [1.29, 1.82) is 0 Å². The Morgan fingerprint density at radius 1 is 1.35 bits per heavy atom. The van der Waals surface area contributed by atoms with E-state index in [0.717, 1.165) is 21.8 Å². The van der Waals surface area contributed by atoms with Crippen molar-refractivity contribution in [2.24, 2.45) is 0 Å². The van der Waals surface area contributed by atoms with Gasteiger partial charge in [-0.15, -0.1) is 11.3 Å². The molecule has 0 spiro atoms. The van der Waals surface area contributed by atoms with Crippen LogP contribution in [0.4, 0.5) is 5.69 Å². The van der Waals surface area contributed by atoms with Gasteiger partial charge in [-0.25, -0.2) is 0 Å². The first-order valence-corrected chi connectivity index (χ1v) is 7.10. The molecule has 1 unspecified atom stereocenters. The van der Waals surface area contributed by atoms with Gasteiger partial charge in [-0.2, -0.15) is 0 Å². The third-order valence-corrected chi connectivity index (χ3v) is 4.51. The molecule has 0 amide bonds. The largest absolute Gasteiger partial charge is 0.481 e. The Morgan fingerprint density at radius 3 is 3.00 bits per heavy atom. The van der Waals surface area contributed by atoms with Crippen LogP contribution in [0, 0.1) is 6.92 Å². The van der Waals surface area contributed by atoms with E-state index in [9.17, 15) is 0 Å². The van der Waals surface area contributed by atoms with E-state index in [2.05, 4.69) is 58.5 Å². The highest BCUT2D eigenvalue weighted by molar-refractivity contribution is 9.11. The summed E-state index contributed by atoms with van der Waals surface area (Å²) in [7, 11) is 0. The number of anilines is 1. The number of hydrogen-bond acceptors (Lipinski definition) is 3. The third-order valence-electron chi connectivity index (χ3n) is 2.80. The van der Waals surface area contributed by atoms with Gasteiger partial charge in [0.25, 0.3) is 0 Å². The molecule has 3 rings (SSSR count). The summed E-state index contributed by atoms with van der Waals surface area (Å²) in [6.07, 6.45) is 0.112. The zero-order valence-electron chi connectivity index (χ0n) is 9.37. The highest BCUT2D eigenvalue weighted by atomic mass is 79.9. The van der Waals surface area contributed by atoms with Gasteiger partial charge in [0.05, 0.1) is 16.0 Å².